The van der Waals surface area contributed by atoms with E-state index in [4.69, 9.17) is 0 Å². The van der Waals surface area contributed by atoms with Gasteiger partial charge in [-0.05, 0) is 249 Å². The zero-order valence-electron chi connectivity index (χ0n) is 76.3. The first-order valence-electron chi connectivity index (χ1n) is 45.1. The maximum absolute atomic E-state index is 2.77. The molecule has 0 unspecified atom stereocenters. The van der Waals surface area contributed by atoms with Gasteiger partial charge in [-0.1, -0.05) is 343 Å². The molecule has 16 aromatic carbocycles. The Kier molecular flexibility index (Phi) is 19.4. The van der Waals surface area contributed by atoms with Gasteiger partial charge in [0.2, 0.25) is 0 Å². The Balaban J connectivity index is 0.969. The summed E-state index contributed by atoms with van der Waals surface area (Å²) in [5, 5.41) is 4.97. The molecule has 2 aromatic heterocycles. The summed E-state index contributed by atoms with van der Waals surface area (Å²) in [6.07, 6.45) is 0. The fraction of sp³-hybridized carbons (Fsp3) is 0.200. The quantitative estimate of drug-likeness (QED) is 0.114. The van der Waals surface area contributed by atoms with E-state index in [1.54, 1.807) is 0 Å². The molecule has 0 amide bonds. The third-order valence-electron chi connectivity index (χ3n) is 26.7. The predicted molar refractivity (Wildman–Crippen MR) is 543 cm³/mol. The Morgan fingerprint density at radius 2 is 0.532 bits per heavy atom. The first-order chi connectivity index (χ1) is 60.3. The van der Waals surface area contributed by atoms with Crippen LogP contribution in [-0.2, 0) is 32.5 Å². The molecule has 0 spiro atoms. The number of nitrogens with zero attached hydrogens (tertiary/aromatic N) is 5. The fourth-order valence-electron chi connectivity index (χ4n) is 19.7. The Bertz CT molecular complexity index is 7010. The molecule has 0 bridgehead atoms. The van der Waals surface area contributed by atoms with Crippen LogP contribution in [0.3, 0.4) is 0 Å². The van der Waals surface area contributed by atoms with Crippen LogP contribution >= 0.6 is 0 Å². The summed E-state index contributed by atoms with van der Waals surface area (Å²) < 4.78 is 5.01. The number of aromatic nitrogens is 2. The second kappa shape index (κ2) is 30.2. The van der Waals surface area contributed by atoms with Gasteiger partial charge in [0.1, 0.15) is 0 Å². The van der Waals surface area contributed by atoms with Crippen molar-refractivity contribution < 1.29 is 0 Å². The number of hydrogen-bond donors (Lipinski definition) is 0. The number of rotatable bonds is 12. The van der Waals surface area contributed by atoms with Crippen molar-refractivity contribution in [3.63, 3.8) is 0 Å². The molecule has 18 aromatic rings. The Labute approximate surface area is 746 Å². The second-order valence-corrected chi connectivity index (χ2v) is 41.5. The topological polar surface area (TPSA) is 19.6 Å². The van der Waals surface area contributed by atoms with Crippen LogP contribution < -0.4 is 31.1 Å². The molecule has 0 fully saturated rings. The van der Waals surface area contributed by atoms with Crippen LogP contribution in [0, 0.1) is 0 Å². The van der Waals surface area contributed by atoms with Crippen molar-refractivity contribution in [2.24, 2.45) is 0 Å². The van der Waals surface area contributed by atoms with E-state index in [1.165, 1.54) is 98.9 Å². The van der Waals surface area contributed by atoms with Crippen LogP contribution in [0.25, 0.3) is 111 Å². The number of benzene rings is 16. The zero-order valence-corrected chi connectivity index (χ0v) is 76.3. The van der Waals surface area contributed by atoms with Gasteiger partial charge in [0, 0.05) is 95.0 Å². The maximum atomic E-state index is 2.77. The van der Waals surface area contributed by atoms with Gasteiger partial charge < -0.3 is 23.8 Å². The van der Waals surface area contributed by atoms with Crippen molar-refractivity contribution in [1.29, 1.82) is 0 Å². The van der Waals surface area contributed by atoms with Crippen molar-refractivity contribution >= 4 is 118 Å². The van der Waals surface area contributed by atoms with E-state index in [2.05, 4.69) is 500 Å². The highest BCUT2D eigenvalue weighted by Crippen LogP contribution is 2.57. The van der Waals surface area contributed by atoms with E-state index in [0.29, 0.717) is 0 Å². The highest BCUT2D eigenvalue weighted by molar-refractivity contribution is 7.00. The van der Waals surface area contributed by atoms with Crippen molar-refractivity contribution in [2.75, 3.05) is 14.7 Å². The minimum atomic E-state index is -0.336. The number of para-hydroxylation sites is 3. The molecule has 0 radical (unpaired) electrons. The van der Waals surface area contributed by atoms with Crippen LogP contribution in [0.2, 0.25) is 0 Å². The summed E-state index contributed by atoms with van der Waals surface area (Å²) in [5.41, 5.74) is 38.3. The molecule has 2 aliphatic rings. The fourth-order valence-corrected chi connectivity index (χ4v) is 19.7. The summed E-state index contributed by atoms with van der Waals surface area (Å²) in [6, 6.07) is 136. The van der Waals surface area contributed by atoms with Crippen molar-refractivity contribution in [2.45, 2.75) is 157 Å². The van der Waals surface area contributed by atoms with E-state index in [9.17, 15) is 0 Å². The highest BCUT2D eigenvalue weighted by Gasteiger charge is 2.47. The molecule has 20 rings (SSSR count). The molecule has 0 atom stereocenters. The highest BCUT2D eigenvalue weighted by atomic mass is 15.2. The third kappa shape index (κ3) is 14.1. The van der Waals surface area contributed by atoms with Gasteiger partial charge in [-0.25, -0.2) is 0 Å². The minimum absolute atomic E-state index is 0.0884. The molecule has 620 valence electrons. The van der Waals surface area contributed by atoms with E-state index in [1.807, 2.05) is 0 Å². The van der Waals surface area contributed by atoms with E-state index in [0.717, 1.165) is 113 Å². The lowest BCUT2D eigenvalue weighted by atomic mass is 9.33. The minimum Gasteiger partial charge on any atom is -0.310 e. The largest absolute Gasteiger partial charge is 0.310 e. The number of hydrogen-bond acceptors (Lipinski definition) is 3. The lowest BCUT2D eigenvalue weighted by molar-refractivity contribution is 0.569. The van der Waals surface area contributed by atoms with Crippen molar-refractivity contribution in [1.82, 2.24) is 9.13 Å². The standard InChI is InChI=1S/C120H112BN5/c1-115(2,3)83-52-62-106-100(69-83)101-70-84(116(4,5)6)53-63-107(101)124(106)93-59-61-103-109(76-93)126(114-98(79-42-28-21-29-43-79)73-88(120(16,17)18)74-99(114)80-44-30-22-31-45-80)111-67-82(81-64-85(117(7,8)9)68-86(65-81)118(10,11)12)66-110-112(111)121(103)102-60-58-92(75-108(102)125(110)113-96(77-38-24-19-25-39-77)71-87(119(13,14)15)72-97(113)78-40-26-20-27-41-78)122(89-46-32-23-33-47-89)90-54-56-91(57-55-90)123-104-50-36-34-48-94(104)95-49-35-37-51-105(95)123/h19-76H,1-18H3. The van der Waals surface area contributed by atoms with Crippen LogP contribution in [0.4, 0.5) is 51.2 Å². The van der Waals surface area contributed by atoms with Gasteiger partial charge in [0.25, 0.3) is 6.71 Å². The predicted octanol–water partition coefficient (Wildman–Crippen LogP) is 31.6. The van der Waals surface area contributed by atoms with Crippen LogP contribution in [0.1, 0.15) is 158 Å². The molecular weight excluding hydrogens is 1520 g/mol. The average molecular weight is 1640 g/mol. The summed E-state index contributed by atoms with van der Waals surface area (Å²) in [4.78, 5) is 8.01. The van der Waals surface area contributed by atoms with Gasteiger partial charge in [-0.15, -0.1) is 0 Å². The summed E-state index contributed by atoms with van der Waals surface area (Å²) in [7, 11) is 0. The van der Waals surface area contributed by atoms with Gasteiger partial charge in [-0.3, -0.25) is 0 Å². The van der Waals surface area contributed by atoms with Gasteiger partial charge >= 0.3 is 0 Å². The first kappa shape index (κ1) is 81.0. The Hall–Kier alpha value is -13.4. The van der Waals surface area contributed by atoms with E-state index < -0.39 is 0 Å². The Morgan fingerprint density at radius 3 is 0.937 bits per heavy atom. The first-order valence-corrected chi connectivity index (χ1v) is 45.1. The molecular formula is C120H112BN5. The molecule has 6 heteroatoms. The summed E-state index contributed by atoms with van der Waals surface area (Å²) in [6.45, 7) is 42.2. The number of fused-ring (bicyclic) bond motifs is 10. The average Bonchev–Trinajstić information content (AvgIpc) is 0.720. The van der Waals surface area contributed by atoms with Crippen molar-refractivity contribution in [3.8, 4) is 67.0 Å². The molecule has 5 nitrogen and oxygen atoms in total. The van der Waals surface area contributed by atoms with Gasteiger partial charge in [0.05, 0.1) is 33.4 Å². The maximum Gasteiger partial charge on any atom is 0.252 e. The molecule has 2 aliphatic heterocycles. The third-order valence-corrected chi connectivity index (χ3v) is 26.7. The molecule has 0 N–H and O–H groups in total. The summed E-state index contributed by atoms with van der Waals surface area (Å²) in [5.74, 6) is 0. The lowest BCUT2D eigenvalue weighted by Gasteiger charge is -2.46. The molecule has 0 saturated carbocycles. The van der Waals surface area contributed by atoms with E-state index >= 15 is 0 Å². The Morgan fingerprint density at radius 1 is 0.214 bits per heavy atom. The normalized spacial score (nSPS) is 13.1. The second-order valence-electron chi connectivity index (χ2n) is 41.5. The molecule has 0 aliphatic carbocycles. The summed E-state index contributed by atoms with van der Waals surface area (Å²) >= 11 is 0. The van der Waals surface area contributed by atoms with E-state index in [-0.39, 0.29) is 39.2 Å². The molecule has 126 heavy (non-hydrogen) atoms. The lowest BCUT2D eigenvalue weighted by Crippen LogP contribution is -2.61. The number of anilines is 9. The van der Waals surface area contributed by atoms with Gasteiger partial charge in [-0.2, -0.15) is 0 Å². The molecule has 4 heterocycles. The van der Waals surface area contributed by atoms with Crippen LogP contribution in [0.5, 0.6) is 0 Å². The monoisotopic (exact) mass is 1630 g/mol. The van der Waals surface area contributed by atoms with Crippen LogP contribution in [0.15, 0.2) is 352 Å². The van der Waals surface area contributed by atoms with Crippen molar-refractivity contribution in [3.05, 3.63) is 385 Å². The van der Waals surface area contributed by atoms with Crippen LogP contribution in [-0.4, -0.2) is 15.8 Å². The van der Waals surface area contributed by atoms with Gasteiger partial charge in [0.15, 0.2) is 0 Å². The molecule has 0 saturated heterocycles. The smallest absolute Gasteiger partial charge is 0.252 e. The SMILES string of the molecule is CC(C)(C)c1cc(-c2cc3c4c(c2)N(c2c(-c5ccccc5)cc(C(C)(C)C)cc2-c2ccccc2)c2cc(-n5c6ccc(C(C)(C)C)cc6c6cc(C(C)(C)C)ccc65)ccc2B4c2ccc(N(c4ccccc4)c4ccc(-n5c6ccccc6c6ccccc65)cc4)cc2N3c2c(-c3ccccc3)cc(C(C)(C)C)cc2-c2ccccc2)cc(C(C)(C)C)c1. The zero-order chi connectivity index (χ0) is 87.4.